The molecule has 7 nitrogen and oxygen atoms in total. The van der Waals surface area contributed by atoms with Gasteiger partial charge in [-0.3, -0.25) is 9.59 Å². The Balaban J connectivity index is 1.41. The molecule has 0 unspecified atom stereocenters. The van der Waals surface area contributed by atoms with E-state index in [2.05, 4.69) is 38.6 Å². The maximum atomic E-state index is 13.0. The Kier molecular flexibility index (Phi) is 9.15. The largest absolute Gasteiger partial charge is 0.483 e. The summed E-state index contributed by atoms with van der Waals surface area (Å²) in [4.78, 5) is 25.7. The van der Waals surface area contributed by atoms with Gasteiger partial charge in [0.25, 0.3) is 11.8 Å². The smallest absolute Gasteiger partial charge is 0.262 e. The molecule has 0 spiro atoms. The highest BCUT2D eigenvalue weighted by Crippen LogP contribution is 2.23. The number of rotatable bonds is 11. The number of carbonyl (C=O) groups is 2. The zero-order chi connectivity index (χ0) is 27.8. The Labute approximate surface area is 229 Å². The van der Waals surface area contributed by atoms with Crippen molar-refractivity contribution in [1.29, 1.82) is 0 Å². The summed E-state index contributed by atoms with van der Waals surface area (Å²) in [5.41, 5.74) is 7.72. The zero-order valence-corrected chi connectivity index (χ0v) is 23.0. The number of aryl methyl sites for hydroxylation is 2. The normalized spacial score (nSPS) is 12.1. The van der Waals surface area contributed by atoms with Crippen molar-refractivity contribution < 1.29 is 14.3 Å². The lowest BCUT2D eigenvalue weighted by Crippen LogP contribution is -2.47. The molecular formula is C32H36N4O3. The highest BCUT2D eigenvalue weighted by Gasteiger charge is 2.22. The third kappa shape index (κ3) is 7.35. The van der Waals surface area contributed by atoms with Crippen LogP contribution in [-0.4, -0.2) is 35.2 Å². The quantitative estimate of drug-likeness (QED) is 0.204. The molecule has 1 aromatic heterocycles. The van der Waals surface area contributed by atoms with Crippen LogP contribution < -0.4 is 15.5 Å². The van der Waals surface area contributed by atoms with Gasteiger partial charge in [-0.1, -0.05) is 80.6 Å². The molecule has 0 aliphatic rings. The number of fused-ring (bicyclic) bond motifs is 1. The number of benzene rings is 3. The number of nitrogens with zero attached hydrogens (tertiary/aromatic N) is 2. The van der Waals surface area contributed by atoms with Gasteiger partial charge in [0.05, 0.1) is 6.21 Å². The Morgan fingerprint density at radius 3 is 2.36 bits per heavy atom. The fourth-order valence-electron chi connectivity index (χ4n) is 4.64. The molecule has 4 rings (SSSR count). The van der Waals surface area contributed by atoms with Crippen LogP contribution in [0, 0.1) is 19.8 Å². The van der Waals surface area contributed by atoms with E-state index in [4.69, 9.17) is 4.74 Å². The number of hydrogen-bond donors (Lipinski definition) is 2. The summed E-state index contributed by atoms with van der Waals surface area (Å²) in [5.74, 6) is 0.161. The van der Waals surface area contributed by atoms with Crippen molar-refractivity contribution in [2.45, 2.75) is 46.7 Å². The number of nitrogens with one attached hydrogen (secondary N) is 2. The molecule has 7 heteroatoms. The maximum Gasteiger partial charge on any atom is 0.262 e. The Morgan fingerprint density at radius 1 is 0.949 bits per heavy atom. The molecule has 0 saturated carbocycles. The average molecular weight is 525 g/mol. The second-order valence-electron chi connectivity index (χ2n) is 10.2. The minimum absolute atomic E-state index is 0.169. The molecule has 2 N–H and O–H groups in total. The highest BCUT2D eigenvalue weighted by atomic mass is 16.5. The molecule has 0 fully saturated rings. The van der Waals surface area contributed by atoms with Crippen LogP contribution in [0.4, 0.5) is 0 Å². The predicted octanol–water partition coefficient (Wildman–Crippen LogP) is 5.37. The lowest BCUT2D eigenvalue weighted by molar-refractivity contribution is -0.130. The van der Waals surface area contributed by atoms with Crippen LogP contribution in [0.5, 0.6) is 5.75 Å². The lowest BCUT2D eigenvalue weighted by Gasteiger charge is -2.19. The van der Waals surface area contributed by atoms with Crippen molar-refractivity contribution in [2.75, 3.05) is 6.61 Å². The van der Waals surface area contributed by atoms with Crippen molar-refractivity contribution >= 4 is 28.9 Å². The van der Waals surface area contributed by atoms with Crippen LogP contribution in [-0.2, 0) is 16.1 Å². The second-order valence-corrected chi connectivity index (χ2v) is 10.2. The van der Waals surface area contributed by atoms with E-state index in [0.717, 1.165) is 34.1 Å². The first-order valence-electron chi connectivity index (χ1n) is 13.2. The monoisotopic (exact) mass is 524 g/mol. The van der Waals surface area contributed by atoms with Crippen LogP contribution in [0.25, 0.3) is 10.9 Å². The number of carbonyl (C=O) groups excluding carboxylic acids is 2. The molecular weight excluding hydrogens is 488 g/mol. The molecule has 0 saturated heterocycles. The number of para-hydroxylation sites is 2. The fraction of sp³-hybridized carbons (Fsp3) is 0.281. The topological polar surface area (TPSA) is 84.7 Å². The van der Waals surface area contributed by atoms with Crippen molar-refractivity contribution in [3.63, 3.8) is 0 Å². The number of aromatic nitrogens is 1. The highest BCUT2D eigenvalue weighted by molar-refractivity contribution is 6.00. The number of hydrazone groups is 1. The van der Waals surface area contributed by atoms with Crippen LogP contribution in [0.1, 0.15) is 42.5 Å². The van der Waals surface area contributed by atoms with Gasteiger partial charge in [0.1, 0.15) is 11.8 Å². The van der Waals surface area contributed by atoms with E-state index in [9.17, 15) is 9.59 Å². The van der Waals surface area contributed by atoms with E-state index in [-0.39, 0.29) is 24.3 Å². The molecule has 3 aromatic carbocycles. The molecule has 202 valence electrons. The number of amides is 2. The molecule has 2 amide bonds. The van der Waals surface area contributed by atoms with E-state index in [1.807, 2.05) is 88.5 Å². The molecule has 0 aliphatic heterocycles. The van der Waals surface area contributed by atoms with Gasteiger partial charge in [-0.2, -0.15) is 5.10 Å². The van der Waals surface area contributed by atoms with Gasteiger partial charge in [-0.15, -0.1) is 0 Å². The van der Waals surface area contributed by atoms with Crippen molar-refractivity contribution in [3.8, 4) is 5.75 Å². The van der Waals surface area contributed by atoms with E-state index < -0.39 is 6.04 Å². The molecule has 0 bridgehead atoms. The number of hydrogen-bond acceptors (Lipinski definition) is 4. The third-order valence-corrected chi connectivity index (χ3v) is 6.51. The van der Waals surface area contributed by atoms with Gasteiger partial charge in [0.2, 0.25) is 0 Å². The first kappa shape index (κ1) is 27.6. The fourth-order valence-corrected chi connectivity index (χ4v) is 4.64. The Morgan fingerprint density at radius 2 is 1.64 bits per heavy atom. The maximum absolute atomic E-state index is 13.0. The molecule has 0 radical (unpaired) electrons. The predicted molar refractivity (Wildman–Crippen MR) is 156 cm³/mol. The molecule has 1 heterocycles. The van der Waals surface area contributed by atoms with Crippen LogP contribution >= 0.6 is 0 Å². The van der Waals surface area contributed by atoms with E-state index in [1.165, 1.54) is 5.56 Å². The zero-order valence-electron chi connectivity index (χ0n) is 23.0. The van der Waals surface area contributed by atoms with E-state index in [0.29, 0.717) is 12.2 Å². The van der Waals surface area contributed by atoms with Crippen molar-refractivity contribution in [1.82, 2.24) is 15.3 Å². The molecule has 39 heavy (non-hydrogen) atoms. The van der Waals surface area contributed by atoms with Gasteiger partial charge in [-0.25, -0.2) is 5.43 Å². The molecule has 1 atom stereocenters. The van der Waals surface area contributed by atoms with E-state index >= 15 is 0 Å². The first-order chi connectivity index (χ1) is 18.8. The van der Waals surface area contributed by atoms with Gasteiger partial charge >= 0.3 is 0 Å². The van der Waals surface area contributed by atoms with Crippen molar-refractivity contribution in [3.05, 3.63) is 101 Å². The standard InChI is InChI=1S/C32H36N4O3/c1-22(2)17-28(34-30(37)21-39-31-23(3)11-10-12-24(31)4)32(38)35-33-18-26-20-36(19-25-13-6-5-7-14-25)29-16-9-8-15-27(26)29/h5-16,18,20,22,28H,17,19,21H2,1-4H3,(H,34,37)(H,35,38)/b33-18-/t28-/m1/s1. The minimum atomic E-state index is -0.726. The summed E-state index contributed by atoms with van der Waals surface area (Å²) in [6.07, 6.45) is 4.17. The van der Waals surface area contributed by atoms with Crippen LogP contribution in [0.3, 0.4) is 0 Å². The van der Waals surface area contributed by atoms with E-state index in [1.54, 1.807) is 6.21 Å². The van der Waals surface area contributed by atoms with Crippen LogP contribution in [0.15, 0.2) is 84.1 Å². The summed E-state index contributed by atoms with van der Waals surface area (Å²) in [6.45, 7) is 8.44. The molecule has 0 aliphatic carbocycles. The summed E-state index contributed by atoms with van der Waals surface area (Å²) in [6, 6.07) is 23.5. The third-order valence-electron chi connectivity index (χ3n) is 6.51. The van der Waals surface area contributed by atoms with Gasteiger partial charge in [-0.05, 0) is 48.9 Å². The summed E-state index contributed by atoms with van der Waals surface area (Å²) in [5, 5.41) is 8.10. The minimum Gasteiger partial charge on any atom is -0.483 e. The molecule has 4 aromatic rings. The SMILES string of the molecule is Cc1cccc(C)c1OCC(=O)N[C@H](CC(C)C)C(=O)N/N=C\c1cn(Cc2ccccc2)c2ccccc12. The summed E-state index contributed by atoms with van der Waals surface area (Å²) in [7, 11) is 0. The van der Waals surface area contributed by atoms with Gasteiger partial charge in [0, 0.05) is 29.2 Å². The Hall–Kier alpha value is -4.39. The summed E-state index contributed by atoms with van der Waals surface area (Å²) < 4.78 is 7.94. The second kappa shape index (κ2) is 12.9. The average Bonchev–Trinajstić information content (AvgIpc) is 3.25. The first-order valence-corrected chi connectivity index (χ1v) is 13.2. The number of ether oxygens (including phenoxy) is 1. The van der Waals surface area contributed by atoms with Crippen LogP contribution in [0.2, 0.25) is 0 Å². The van der Waals surface area contributed by atoms with Gasteiger partial charge in [0.15, 0.2) is 6.61 Å². The Bertz CT molecular complexity index is 1440. The lowest BCUT2D eigenvalue weighted by atomic mass is 10.0. The summed E-state index contributed by atoms with van der Waals surface area (Å²) >= 11 is 0. The van der Waals surface area contributed by atoms with Gasteiger partial charge < -0.3 is 14.6 Å². The van der Waals surface area contributed by atoms with Crippen molar-refractivity contribution in [2.24, 2.45) is 11.0 Å².